The Hall–Kier alpha value is -1.35. The molecule has 1 aromatic carbocycles. The van der Waals surface area contributed by atoms with E-state index in [2.05, 4.69) is 5.32 Å². The van der Waals surface area contributed by atoms with E-state index in [0.29, 0.717) is 12.0 Å². The van der Waals surface area contributed by atoms with Gasteiger partial charge in [-0.05, 0) is 59.4 Å². The highest BCUT2D eigenvalue weighted by Crippen LogP contribution is 2.31. The van der Waals surface area contributed by atoms with Crippen LogP contribution in [-0.2, 0) is 11.0 Å². The fourth-order valence-corrected chi connectivity index (χ4v) is 2.48. The van der Waals surface area contributed by atoms with Gasteiger partial charge in [0.1, 0.15) is 0 Å². The number of carbonyl (C=O) groups is 1. The molecule has 2 N–H and O–H groups in total. The van der Waals surface area contributed by atoms with Gasteiger partial charge in [-0.1, -0.05) is 12.1 Å². The lowest BCUT2D eigenvalue weighted by Gasteiger charge is -2.19. The minimum atomic E-state index is -4.46. The van der Waals surface area contributed by atoms with E-state index in [1.54, 1.807) is 28.7 Å². The summed E-state index contributed by atoms with van der Waals surface area (Å²) in [5.41, 5.74) is -0.475. The minimum Gasteiger partial charge on any atom is -0.372 e. The number of nitrogens with one attached hydrogen (secondary N) is 1. The van der Waals surface area contributed by atoms with Gasteiger partial charge in [0.15, 0.2) is 3.61 Å². The predicted molar refractivity (Wildman–Crippen MR) is 80.9 cm³/mol. The third-order valence-corrected chi connectivity index (χ3v) is 3.48. The summed E-state index contributed by atoms with van der Waals surface area (Å²) in [6.45, 7) is 0. The molecule has 0 bridgehead atoms. The molecule has 112 valence electrons. The standard InChI is InChI=1S/C14H11F3INO2/c15-14(16,17)10-4-1-5-11(7-10)19-12(20)9-3-2-6-13(18,21)8-9/h1-2,4-8,21H,3H2,(H,19,20). The number of rotatable bonds is 2. The summed E-state index contributed by atoms with van der Waals surface area (Å²) in [4.78, 5) is 12.0. The Labute approximate surface area is 132 Å². The fraction of sp³-hybridized carbons (Fsp3) is 0.214. The number of carbonyl (C=O) groups excluding carboxylic acids is 1. The maximum absolute atomic E-state index is 12.6. The molecule has 0 spiro atoms. The summed E-state index contributed by atoms with van der Waals surface area (Å²) in [5, 5.41) is 12.2. The Bertz CT molecular complexity index is 621. The molecule has 1 aliphatic rings. The predicted octanol–water partition coefficient (Wildman–Crippen LogP) is 3.65. The van der Waals surface area contributed by atoms with E-state index in [9.17, 15) is 23.1 Å². The molecule has 1 atom stereocenters. The number of hydrogen-bond donors (Lipinski definition) is 2. The van der Waals surface area contributed by atoms with Crippen LogP contribution in [0.3, 0.4) is 0 Å². The van der Waals surface area contributed by atoms with Crippen LogP contribution in [0.5, 0.6) is 0 Å². The van der Waals surface area contributed by atoms with Crippen LogP contribution in [0, 0.1) is 0 Å². The molecule has 0 saturated carbocycles. The van der Waals surface area contributed by atoms with Gasteiger partial charge >= 0.3 is 6.18 Å². The molecule has 1 unspecified atom stereocenters. The third-order valence-electron chi connectivity index (χ3n) is 2.81. The Morgan fingerprint density at radius 2 is 2.10 bits per heavy atom. The molecular weight excluding hydrogens is 398 g/mol. The number of amides is 1. The molecule has 2 rings (SSSR count). The van der Waals surface area contributed by atoms with Crippen LogP contribution >= 0.6 is 22.6 Å². The largest absolute Gasteiger partial charge is 0.416 e. The topological polar surface area (TPSA) is 49.3 Å². The van der Waals surface area contributed by atoms with E-state index in [4.69, 9.17) is 0 Å². The van der Waals surface area contributed by atoms with E-state index in [-0.39, 0.29) is 5.69 Å². The van der Waals surface area contributed by atoms with Gasteiger partial charge < -0.3 is 10.4 Å². The number of allylic oxidation sites excluding steroid dienone is 1. The minimum absolute atomic E-state index is 0.0577. The highest BCUT2D eigenvalue weighted by Gasteiger charge is 2.30. The molecule has 0 aliphatic heterocycles. The van der Waals surface area contributed by atoms with Crippen molar-refractivity contribution in [1.82, 2.24) is 0 Å². The molecule has 1 aliphatic carbocycles. The number of aliphatic hydroxyl groups is 1. The molecule has 0 heterocycles. The summed E-state index contributed by atoms with van der Waals surface area (Å²) in [6.07, 6.45) is 0.394. The molecule has 21 heavy (non-hydrogen) atoms. The van der Waals surface area contributed by atoms with Gasteiger partial charge in [-0.3, -0.25) is 4.79 Å². The Balaban J connectivity index is 2.16. The van der Waals surface area contributed by atoms with Crippen molar-refractivity contribution in [1.29, 1.82) is 0 Å². The van der Waals surface area contributed by atoms with Gasteiger partial charge in [-0.15, -0.1) is 0 Å². The molecule has 0 saturated heterocycles. The van der Waals surface area contributed by atoms with Crippen LogP contribution in [0.1, 0.15) is 12.0 Å². The molecule has 1 amide bonds. The van der Waals surface area contributed by atoms with Crippen LogP contribution < -0.4 is 5.32 Å². The molecule has 0 fully saturated rings. The first-order valence-electron chi connectivity index (χ1n) is 5.97. The van der Waals surface area contributed by atoms with E-state index in [1.807, 2.05) is 0 Å². The zero-order chi connectivity index (χ0) is 15.7. The second-order valence-corrected chi connectivity index (χ2v) is 6.26. The van der Waals surface area contributed by atoms with E-state index >= 15 is 0 Å². The zero-order valence-corrected chi connectivity index (χ0v) is 12.8. The van der Waals surface area contributed by atoms with Crippen LogP contribution in [0.2, 0.25) is 0 Å². The molecular formula is C14H11F3INO2. The van der Waals surface area contributed by atoms with E-state index < -0.39 is 21.3 Å². The van der Waals surface area contributed by atoms with Crippen molar-refractivity contribution in [2.75, 3.05) is 5.32 Å². The first kappa shape index (κ1) is 16.0. The Morgan fingerprint density at radius 3 is 2.71 bits per heavy atom. The van der Waals surface area contributed by atoms with Gasteiger partial charge in [0.05, 0.1) is 5.56 Å². The number of halogens is 4. The lowest BCUT2D eigenvalue weighted by molar-refractivity contribution is -0.137. The summed E-state index contributed by atoms with van der Waals surface area (Å²) in [5.74, 6) is -0.534. The summed E-state index contributed by atoms with van der Waals surface area (Å²) < 4.78 is 36.5. The van der Waals surface area contributed by atoms with Crippen molar-refractivity contribution in [3.8, 4) is 0 Å². The first-order chi connectivity index (χ1) is 9.67. The van der Waals surface area contributed by atoms with Crippen molar-refractivity contribution < 1.29 is 23.1 Å². The number of hydrogen-bond acceptors (Lipinski definition) is 2. The van der Waals surface area contributed by atoms with Crippen LogP contribution in [0.15, 0.2) is 48.1 Å². The van der Waals surface area contributed by atoms with Crippen molar-refractivity contribution in [3.63, 3.8) is 0 Å². The van der Waals surface area contributed by atoms with Crippen LogP contribution in [0.4, 0.5) is 18.9 Å². The van der Waals surface area contributed by atoms with Crippen molar-refractivity contribution in [3.05, 3.63) is 53.6 Å². The average Bonchev–Trinajstić information content (AvgIpc) is 2.37. The summed E-state index contributed by atoms with van der Waals surface area (Å²) >= 11 is 1.75. The average molecular weight is 409 g/mol. The first-order valence-corrected chi connectivity index (χ1v) is 7.04. The number of benzene rings is 1. The maximum Gasteiger partial charge on any atom is 0.416 e. The molecule has 3 nitrogen and oxygen atoms in total. The van der Waals surface area contributed by atoms with Crippen molar-refractivity contribution in [2.24, 2.45) is 0 Å². The SMILES string of the molecule is O=C(Nc1cccc(C(F)(F)F)c1)C1=CC(O)(I)C=CC1. The number of alkyl halides is 4. The Morgan fingerprint density at radius 1 is 1.38 bits per heavy atom. The van der Waals surface area contributed by atoms with Crippen LogP contribution in [0.25, 0.3) is 0 Å². The van der Waals surface area contributed by atoms with E-state index in [1.165, 1.54) is 24.3 Å². The molecule has 0 aromatic heterocycles. The quantitative estimate of drug-likeness (QED) is 0.445. The smallest absolute Gasteiger partial charge is 0.372 e. The monoisotopic (exact) mass is 409 g/mol. The number of anilines is 1. The lowest BCUT2D eigenvalue weighted by Crippen LogP contribution is -2.22. The van der Waals surface area contributed by atoms with Gasteiger partial charge in [-0.2, -0.15) is 13.2 Å². The van der Waals surface area contributed by atoms with Crippen molar-refractivity contribution >= 4 is 34.2 Å². The fourth-order valence-electron chi connectivity index (χ4n) is 1.85. The van der Waals surface area contributed by atoms with Gasteiger partial charge in [0, 0.05) is 11.3 Å². The molecule has 7 heteroatoms. The van der Waals surface area contributed by atoms with E-state index in [0.717, 1.165) is 12.1 Å². The summed E-state index contributed by atoms with van der Waals surface area (Å²) in [6, 6.07) is 4.40. The molecule has 1 aromatic rings. The highest BCUT2D eigenvalue weighted by atomic mass is 127. The molecule has 0 radical (unpaired) electrons. The van der Waals surface area contributed by atoms with Crippen LogP contribution in [-0.4, -0.2) is 14.6 Å². The normalized spacial score (nSPS) is 21.9. The second kappa shape index (κ2) is 5.80. The second-order valence-electron chi connectivity index (χ2n) is 4.54. The third kappa shape index (κ3) is 4.31. The van der Waals surface area contributed by atoms with Gasteiger partial charge in [-0.25, -0.2) is 0 Å². The van der Waals surface area contributed by atoms with Crippen molar-refractivity contribution in [2.45, 2.75) is 16.2 Å². The zero-order valence-electron chi connectivity index (χ0n) is 10.6. The lowest BCUT2D eigenvalue weighted by atomic mass is 10.0. The summed E-state index contributed by atoms with van der Waals surface area (Å²) in [7, 11) is 0. The van der Waals surface area contributed by atoms with Gasteiger partial charge in [0.2, 0.25) is 0 Å². The maximum atomic E-state index is 12.6. The van der Waals surface area contributed by atoms with Gasteiger partial charge in [0.25, 0.3) is 5.91 Å². The highest BCUT2D eigenvalue weighted by molar-refractivity contribution is 14.1. The Kier molecular flexibility index (Phi) is 4.43.